The van der Waals surface area contributed by atoms with Gasteiger partial charge in [0.2, 0.25) is 0 Å². The molecule has 0 atom stereocenters. The van der Waals surface area contributed by atoms with Gasteiger partial charge in [0, 0.05) is 30.5 Å². The smallest absolute Gasteiger partial charge is 0.338 e. The van der Waals surface area contributed by atoms with E-state index in [1.54, 1.807) is 9.58 Å². The van der Waals surface area contributed by atoms with Crippen LogP contribution in [0.5, 0.6) is 0 Å². The van der Waals surface area contributed by atoms with Crippen LogP contribution < -0.4 is 0 Å². The van der Waals surface area contributed by atoms with Crippen LogP contribution in [0.4, 0.5) is 0 Å². The lowest BCUT2D eigenvalue weighted by Crippen LogP contribution is -2.39. The van der Waals surface area contributed by atoms with Crippen LogP contribution in [0.2, 0.25) is 0 Å². The van der Waals surface area contributed by atoms with Crippen LogP contribution >= 0.6 is 0 Å². The number of carboxylic acids is 1. The molecule has 3 rings (SSSR count). The maximum absolute atomic E-state index is 13.1. The van der Waals surface area contributed by atoms with Crippen molar-refractivity contribution in [2.24, 2.45) is 0 Å². The molecular weight excluding hydrogens is 360 g/mol. The van der Waals surface area contributed by atoms with Crippen LogP contribution in [0.3, 0.4) is 0 Å². The molecule has 2 aromatic heterocycles. The number of H-pyrrole nitrogens is 1. The summed E-state index contributed by atoms with van der Waals surface area (Å²) in [7, 11) is 0. The number of Topliss-reactive ketones (excluding diaryl/α,β-unsaturated/α-hetero) is 1. The number of amides is 1. The van der Waals surface area contributed by atoms with E-state index >= 15 is 0 Å². The highest BCUT2D eigenvalue weighted by Crippen LogP contribution is 2.26. The minimum absolute atomic E-state index is 0.0251. The number of likely N-dealkylation sites (tertiary alicyclic amines) is 1. The van der Waals surface area contributed by atoms with E-state index in [1.165, 1.54) is 19.3 Å². The van der Waals surface area contributed by atoms with Gasteiger partial charge in [0.05, 0.1) is 17.8 Å². The average Bonchev–Trinajstić information content (AvgIpc) is 3.27. The Labute approximate surface area is 163 Å². The number of rotatable bonds is 6. The molecule has 0 bridgehead atoms. The van der Waals surface area contributed by atoms with E-state index in [1.807, 2.05) is 13.8 Å². The molecule has 8 heteroatoms. The fraction of sp³-hybridized carbons (Fsp3) is 0.500. The topological polar surface area (TPSA) is 108 Å². The lowest BCUT2D eigenvalue weighted by molar-refractivity contribution is 0.0682. The largest absolute Gasteiger partial charge is 0.478 e. The Bertz CT molecular complexity index is 903. The number of aromatic nitrogens is 3. The van der Waals surface area contributed by atoms with Crippen molar-refractivity contribution in [2.45, 2.75) is 52.5 Å². The summed E-state index contributed by atoms with van der Waals surface area (Å²) in [5.41, 5.74) is 2.89. The van der Waals surface area contributed by atoms with Crippen molar-refractivity contribution in [1.82, 2.24) is 19.7 Å². The van der Waals surface area contributed by atoms with Crippen molar-refractivity contribution in [2.75, 3.05) is 13.1 Å². The molecule has 1 amide bonds. The second-order valence-electron chi connectivity index (χ2n) is 7.32. The first-order valence-corrected chi connectivity index (χ1v) is 9.62. The number of nitrogens with one attached hydrogen (secondary N) is 1. The monoisotopic (exact) mass is 386 g/mol. The Morgan fingerprint density at radius 1 is 1.29 bits per heavy atom. The molecule has 1 saturated heterocycles. The van der Waals surface area contributed by atoms with Crippen LogP contribution in [0, 0.1) is 6.92 Å². The van der Waals surface area contributed by atoms with E-state index < -0.39 is 5.97 Å². The van der Waals surface area contributed by atoms with E-state index in [2.05, 4.69) is 10.1 Å². The predicted molar refractivity (Wildman–Crippen MR) is 103 cm³/mol. The van der Waals surface area contributed by atoms with Crippen molar-refractivity contribution >= 4 is 17.7 Å². The molecule has 8 nitrogen and oxygen atoms in total. The maximum atomic E-state index is 13.1. The molecule has 150 valence electrons. The molecule has 0 aromatic carbocycles. The lowest BCUT2D eigenvalue weighted by atomic mass is 9.99. The minimum atomic E-state index is -0.995. The molecule has 3 heterocycles. The number of ketones is 1. The Kier molecular flexibility index (Phi) is 5.67. The van der Waals surface area contributed by atoms with Gasteiger partial charge >= 0.3 is 5.97 Å². The number of hydrogen-bond acceptors (Lipinski definition) is 4. The van der Waals surface area contributed by atoms with Gasteiger partial charge in [-0.3, -0.25) is 14.3 Å². The normalized spacial score (nSPS) is 15.0. The van der Waals surface area contributed by atoms with Crippen LogP contribution in [-0.4, -0.2) is 55.5 Å². The summed E-state index contributed by atoms with van der Waals surface area (Å²) in [6, 6.07) is 0.0745. The van der Waals surface area contributed by atoms with Crippen LogP contribution in [0.1, 0.15) is 81.6 Å². The zero-order chi connectivity index (χ0) is 20.4. The van der Waals surface area contributed by atoms with Crippen LogP contribution in [0.25, 0.3) is 0 Å². The summed E-state index contributed by atoms with van der Waals surface area (Å²) in [6.07, 6.45) is 5.83. The summed E-state index contributed by atoms with van der Waals surface area (Å²) in [5.74, 6) is -1.10. The Balaban J connectivity index is 1.74. The average molecular weight is 386 g/mol. The number of aromatic carboxylic acids is 1. The molecule has 2 aromatic rings. The van der Waals surface area contributed by atoms with Gasteiger partial charge in [-0.1, -0.05) is 13.3 Å². The van der Waals surface area contributed by atoms with E-state index in [-0.39, 0.29) is 23.3 Å². The SMILES string of the molecule is CCCc1c(C(=O)N2CCC(n3cc(C(=O)O)cn3)CC2)[nH]c(C)c1C(C)=O. The highest BCUT2D eigenvalue weighted by molar-refractivity contribution is 6.02. The van der Waals surface area contributed by atoms with Gasteiger partial charge in [0.25, 0.3) is 5.91 Å². The molecule has 0 aliphatic carbocycles. The Hall–Kier alpha value is -2.90. The molecular formula is C20H26N4O4. The minimum Gasteiger partial charge on any atom is -0.478 e. The molecule has 0 radical (unpaired) electrons. The summed E-state index contributed by atoms with van der Waals surface area (Å²) in [4.78, 5) is 41.1. The zero-order valence-corrected chi connectivity index (χ0v) is 16.5. The van der Waals surface area contributed by atoms with Gasteiger partial charge in [-0.2, -0.15) is 5.10 Å². The van der Waals surface area contributed by atoms with Gasteiger partial charge in [-0.25, -0.2) is 4.79 Å². The van der Waals surface area contributed by atoms with Gasteiger partial charge in [0.15, 0.2) is 5.78 Å². The first kappa shape index (κ1) is 19.9. The third-order valence-electron chi connectivity index (χ3n) is 5.33. The van der Waals surface area contributed by atoms with Crippen molar-refractivity contribution in [1.29, 1.82) is 0 Å². The summed E-state index contributed by atoms with van der Waals surface area (Å²) in [5, 5.41) is 13.2. The molecule has 1 fully saturated rings. The quantitative estimate of drug-likeness (QED) is 0.742. The third-order valence-corrected chi connectivity index (χ3v) is 5.33. The molecule has 1 aliphatic heterocycles. The number of piperidine rings is 1. The standard InChI is InChI=1S/C20H26N4O4/c1-4-5-16-17(13(3)25)12(2)22-18(16)19(26)23-8-6-15(7-9-23)24-11-14(10-21-24)20(27)28/h10-11,15,22H,4-9H2,1-3H3,(H,27,28). The van der Waals surface area contributed by atoms with Crippen LogP contribution in [-0.2, 0) is 6.42 Å². The number of aryl methyl sites for hydroxylation is 1. The Morgan fingerprint density at radius 3 is 2.50 bits per heavy atom. The van der Waals surface area contributed by atoms with Gasteiger partial charge in [-0.15, -0.1) is 0 Å². The number of hydrogen-bond donors (Lipinski definition) is 2. The fourth-order valence-corrected chi connectivity index (χ4v) is 3.98. The highest BCUT2D eigenvalue weighted by atomic mass is 16.4. The summed E-state index contributed by atoms with van der Waals surface area (Å²) < 4.78 is 1.68. The second kappa shape index (κ2) is 8.00. The Morgan fingerprint density at radius 2 is 1.96 bits per heavy atom. The third kappa shape index (κ3) is 3.72. The molecule has 2 N–H and O–H groups in total. The van der Waals surface area contributed by atoms with E-state index in [9.17, 15) is 14.4 Å². The molecule has 0 spiro atoms. The number of carbonyl (C=O) groups excluding carboxylic acids is 2. The van der Waals surface area contributed by atoms with E-state index in [4.69, 9.17) is 5.11 Å². The number of aromatic amines is 1. The van der Waals surface area contributed by atoms with Gasteiger partial charge in [0.1, 0.15) is 5.69 Å². The molecule has 0 saturated carbocycles. The van der Waals surface area contributed by atoms with Crippen molar-refractivity contribution < 1.29 is 19.5 Å². The predicted octanol–water partition coefficient (Wildman–Crippen LogP) is 2.85. The van der Waals surface area contributed by atoms with Gasteiger partial charge < -0.3 is 15.0 Å². The highest BCUT2D eigenvalue weighted by Gasteiger charge is 2.29. The number of carboxylic acid groups (broad SMARTS) is 1. The fourth-order valence-electron chi connectivity index (χ4n) is 3.98. The molecule has 0 unspecified atom stereocenters. The summed E-state index contributed by atoms with van der Waals surface area (Å²) >= 11 is 0. The van der Waals surface area contributed by atoms with E-state index in [0.29, 0.717) is 43.6 Å². The number of nitrogens with zero attached hydrogens (tertiary/aromatic N) is 3. The first-order chi connectivity index (χ1) is 13.3. The van der Waals surface area contributed by atoms with Crippen molar-refractivity contribution in [3.63, 3.8) is 0 Å². The molecule has 28 heavy (non-hydrogen) atoms. The zero-order valence-electron chi connectivity index (χ0n) is 16.5. The number of carbonyl (C=O) groups is 3. The molecule has 1 aliphatic rings. The van der Waals surface area contributed by atoms with Crippen molar-refractivity contribution in [3.8, 4) is 0 Å². The second-order valence-corrected chi connectivity index (χ2v) is 7.32. The van der Waals surface area contributed by atoms with Crippen LogP contribution in [0.15, 0.2) is 12.4 Å². The first-order valence-electron chi connectivity index (χ1n) is 9.62. The van der Waals surface area contributed by atoms with E-state index in [0.717, 1.165) is 17.7 Å². The summed E-state index contributed by atoms with van der Waals surface area (Å²) in [6.45, 7) is 6.51. The lowest BCUT2D eigenvalue weighted by Gasteiger charge is -2.32. The van der Waals surface area contributed by atoms with Crippen molar-refractivity contribution in [3.05, 3.63) is 40.5 Å². The van der Waals surface area contributed by atoms with Gasteiger partial charge in [-0.05, 0) is 38.7 Å². The maximum Gasteiger partial charge on any atom is 0.338 e.